The Morgan fingerprint density at radius 3 is 2.14 bits per heavy atom. The van der Waals surface area contributed by atoms with Gasteiger partial charge in [-0.25, -0.2) is 4.79 Å². The molecule has 184 valence electrons. The number of benzene rings is 3. The second kappa shape index (κ2) is 11.0. The average Bonchev–Trinajstić information content (AvgIpc) is 2.81. The van der Waals surface area contributed by atoms with Crippen LogP contribution < -0.4 is 10.1 Å². The topological polar surface area (TPSA) is 90.7 Å². The Bertz CT molecular complexity index is 1180. The number of anilines is 1. The SMILES string of the molecule is CCc1cccc(CC)c1-c1cc(NC(=O)OC(C)(C)C)c([N+](=O)[O-])c(OCc2ccccc2)c1. The predicted molar refractivity (Wildman–Crippen MR) is 138 cm³/mol. The first kappa shape index (κ1) is 25.7. The lowest BCUT2D eigenvalue weighted by molar-refractivity contribution is -0.385. The largest absolute Gasteiger partial charge is 0.482 e. The standard InChI is InChI=1S/C28H32N2O5/c1-6-20-14-11-15-21(7-2)25(20)22-16-23(29-27(31)35-28(3,4)5)26(30(32)33)24(17-22)34-18-19-12-9-8-10-13-19/h8-17H,6-7,18H2,1-5H3,(H,29,31). The van der Waals surface area contributed by atoms with Crippen molar-refractivity contribution in [1.82, 2.24) is 0 Å². The van der Waals surface area contributed by atoms with E-state index in [2.05, 4.69) is 19.2 Å². The maximum atomic E-state index is 12.6. The molecule has 3 aromatic rings. The molecule has 0 aliphatic heterocycles. The third-order valence-electron chi connectivity index (χ3n) is 5.42. The number of carbonyl (C=O) groups excluding carboxylic acids is 1. The van der Waals surface area contributed by atoms with Gasteiger partial charge in [0.15, 0.2) is 5.75 Å². The molecule has 0 spiro atoms. The number of rotatable bonds is 8. The van der Waals surface area contributed by atoms with Crippen LogP contribution in [-0.4, -0.2) is 16.6 Å². The Hall–Kier alpha value is -3.87. The van der Waals surface area contributed by atoms with Crippen molar-refractivity contribution < 1.29 is 19.2 Å². The lowest BCUT2D eigenvalue weighted by Gasteiger charge is -2.21. The summed E-state index contributed by atoms with van der Waals surface area (Å²) in [4.78, 5) is 24.2. The van der Waals surface area contributed by atoms with Crippen molar-refractivity contribution in [2.24, 2.45) is 0 Å². The molecule has 0 heterocycles. The van der Waals surface area contributed by atoms with Gasteiger partial charge in [-0.3, -0.25) is 15.4 Å². The minimum atomic E-state index is -0.772. The zero-order valence-corrected chi connectivity index (χ0v) is 20.9. The molecule has 3 rings (SSSR count). The van der Waals surface area contributed by atoms with E-state index in [0.717, 1.165) is 40.7 Å². The van der Waals surface area contributed by atoms with Crippen molar-refractivity contribution in [1.29, 1.82) is 0 Å². The van der Waals surface area contributed by atoms with Gasteiger partial charge in [-0.05, 0) is 73.6 Å². The lowest BCUT2D eigenvalue weighted by Crippen LogP contribution is -2.27. The zero-order valence-electron chi connectivity index (χ0n) is 20.9. The van der Waals surface area contributed by atoms with E-state index in [0.29, 0.717) is 0 Å². The van der Waals surface area contributed by atoms with Crippen LogP contribution >= 0.6 is 0 Å². The molecule has 1 N–H and O–H groups in total. The molecule has 1 amide bonds. The first-order valence-electron chi connectivity index (χ1n) is 11.7. The minimum Gasteiger partial charge on any atom is -0.482 e. The van der Waals surface area contributed by atoms with Gasteiger partial charge in [0.2, 0.25) is 0 Å². The Morgan fingerprint density at radius 1 is 0.971 bits per heavy atom. The van der Waals surface area contributed by atoms with E-state index in [9.17, 15) is 14.9 Å². The lowest BCUT2D eigenvalue weighted by atomic mass is 9.91. The van der Waals surface area contributed by atoms with Crippen molar-refractivity contribution in [3.63, 3.8) is 0 Å². The highest BCUT2D eigenvalue weighted by molar-refractivity contribution is 5.92. The molecule has 0 unspecified atom stereocenters. The molecule has 7 nitrogen and oxygen atoms in total. The van der Waals surface area contributed by atoms with Gasteiger partial charge in [0.25, 0.3) is 0 Å². The van der Waals surface area contributed by atoms with Crippen LogP contribution in [-0.2, 0) is 24.2 Å². The van der Waals surface area contributed by atoms with Crippen molar-refractivity contribution in [2.45, 2.75) is 59.7 Å². The van der Waals surface area contributed by atoms with Crippen LogP contribution in [0.15, 0.2) is 60.7 Å². The Morgan fingerprint density at radius 2 is 1.60 bits per heavy atom. The number of nitrogens with one attached hydrogen (secondary N) is 1. The average molecular weight is 477 g/mol. The molecule has 0 saturated carbocycles. The molecular formula is C28H32N2O5. The molecular weight excluding hydrogens is 444 g/mol. The van der Waals surface area contributed by atoms with Crippen LogP contribution in [0.2, 0.25) is 0 Å². The van der Waals surface area contributed by atoms with Crippen molar-refractivity contribution in [3.8, 4) is 16.9 Å². The number of hydrogen-bond donors (Lipinski definition) is 1. The molecule has 0 aromatic heterocycles. The molecule has 0 aliphatic carbocycles. The highest BCUT2D eigenvalue weighted by Crippen LogP contribution is 2.42. The summed E-state index contributed by atoms with van der Waals surface area (Å²) >= 11 is 0. The summed E-state index contributed by atoms with van der Waals surface area (Å²) in [6, 6.07) is 18.8. The van der Waals surface area contributed by atoms with Gasteiger partial charge in [-0.1, -0.05) is 62.4 Å². The highest BCUT2D eigenvalue weighted by atomic mass is 16.6. The molecule has 0 fully saturated rings. The zero-order chi connectivity index (χ0) is 25.6. The second-order valence-electron chi connectivity index (χ2n) is 9.19. The molecule has 7 heteroatoms. The minimum absolute atomic E-state index is 0.0257. The van der Waals surface area contributed by atoms with Crippen molar-refractivity contribution >= 4 is 17.5 Å². The highest BCUT2D eigenvalue weighted by Gasteiger charge is 2.27. The predicted octanol–water partition coefficient (Wildman–Crippen LogP) is 7.31. The molecule has 3 aromatic carbocycles. The molecule has 0 saturated heterocycles. The Balaban J connectivity index is 2.17. The number of ether oxygens (including phenoxy) is 2. The third kappa shape index (κ3) is 6.59. The van der Waals surface area contributed by atoms with Crippen LogP contribution in [0.4, 0.5) is 16.2 Å². The normalized spacial score (nSPS) is 11.1. The van der Waals surface area contributed by atoms with E-state index < -0.39 is 16.6 Å². The van der Waals surface area contributed by atoms with E-state index >= 15 is 0 Å². The van der Waals surface area contributed by atoms with Crippen LogP contribution in [0.3, 0.4) is 0 Å². The van der Waals surface area contributed by atoms with Gasteiger partial charge in [0, 0.05) is 0 Å². The second-order valence-corrected chi connectivity index (χ2v) is 9.19. The smallest absolute Gasteiger partial charge is 0.412 e. The number of nitro benzene ring substituents is 1. The Kier molecular flexibility index (Phi) is 8.12. The maximum absolute atomic E-state index is 12.6. The first-order valence-corrected chi connectivity index (χ1v) is 11.7. The van der Waals surface area contributed by atoms with Gasteiger partial charge >= 0.3 is 11.8 Å². The van der Waals surface area contributed by atoms with E-state index in [1.807, 2.05) is 48.5 Å². The summed E-state index contributed by atoms with van der Waals surface area (Å²) in [6.45, 7) is 9.48. The van der Waals surface area contributed by atoms with E-state index in [1.165, 1.54) is 0 Å². The van der Waals surface area contributed by atoms with Crippen LogP contribution in [0, 0.1) is 10.1 Å². The Labute approximate surface area is 206 Å². The van der Waals surface area contributed by atoms with Gasteiger partial charge in [0.1, 0.15) is 17.9 Å². The summed E-state index contributed by atoms with van der Waals surface area (Å²) in [6.07, 6.45) is 0.802. The van der Waals surface area contributed by atoms with E-state index in [-0.39, 0.29) is 23.7 Å². The van der Waals surface area contributed by atoms with Crippen molar-refractivity contribution in [3.05, 3.63) is 87.5 Å². The van der Waals surface area contributed by atoms with Gasteiger partial charge in [-0.15, -0.1) is 0 Å². The fourth-order valence-corrected chi connectivity index (χ4v) is 3.91. The maximum Gasteiger partial charge on any atom is 0.412 e. The number of hydrogen-bond acceptors (Lipinski definition) is 5. The molecule has 0 radical (unpaired) electrons. The van der Waals surface area contributed by atoms with Crippen LogP contribution in [0.25, 0.3) is 11.1 Å². The van der Waals surface area contributed by atoms with Crippen LogP contribution in [0.1, 0.15) is 51.3 Å². The van der Waals surface area contributed by atoms with E-state index in [4.69, 9.17) is 9.47 Å². The number of amides is 1. The fraction of sp³-hybridized carbons (Fsp3) is 0.321. The molecule has 0 atom stereocenters. The van der Waals surface area contributed by atoms with Gasteiger partial charge in [0.05, 0.1) is 4.92 Å². The molecule has 0 bridgehead atoms. The summed E-state index contributed by atoms with van der Waals surface area (Å²) < 4.78 is 11.4. The molecule has 35 heavy (non-hydrogen) atoms. The first-order chi connectivity index (χ1) is 16.6. The number of carbonyl (C=O) groups is 1. The quantitative estimate of drug-likeness (QED) is 0.272. The number of nitro groups is 1. The van der Waals surface area contributed by atoms with Gasteiger partial charge < -0.3 is 9.47 Å². The number of nitrogens with zero attached hydrogens (tertiary/aromatic N) is 1. The third-order valence-corrected chi connectivity index (χ3v) is 5.42. The van der Waals surface area contributed by atoms with Crippen molar-refractivity contribution in [2.75, 3.05) is 5.32 Å². The van der Waals surface area contributed by atoms with Crippen LogP contribution in [0.5, 0.6) is 5.75 Å². The van der Waals surface area contributed by atoms with Gasteiger partial charge in [-0.2, -0.15) is 0 Å². The monoisotopic (exact) mass is 476 g/mol. The fourth-order valence-electron chi connectivity index (χ4n) is 3.91. The summed E-state index contributed by atoms with van der Waals surface area (Å²) in [5, 5.41) is 14.7. The summed E-state index contributed by atoms with van der Waals surface area (Å²) in [5.41, 5.74) is 3.76. The summed E-state index contributed by atoms with van der Waals surface area (Å²) in [7, 11) is 0. The molecule has 0 aliphatic rings. The van der Waals surface area contributed by atoms with E-state index in [1.54, 1.807) is 32.9 Å². The number of aryl methyl sites for hydroxylation is 2. The summed E-state index contributed by atoms with van der Waals surface area (Å²) in [5.74, 6) is 0.0790.